The first-order chi connectivity index (χ1) is 10.2. The number of amides is 1. The third-order valence-electron chi connectivity index (χ3n) is 4.92. The van der Waals surface area contributed by atoms with E-state index in [1.54, 1.807) is 4.90 Å². The number of aliphatic hydroxyl groups excluding tert-OH is 1. The Bertz CT molecular complexity index is 517. The van der Waals surface area contributed by atoms with Crippen molar-refractivity contribution in [2.24, 2.45) is 0 Å². The van der Waals surface area contributed by atoms with Crippen LogP contribution < -0.4 is 5.32 Å². The van der Waals surface area contributed by atoms with Crippen LogP contribution in [0.4, 0.5) is 0 Å². The summed E-state index contributed by atoms with van der Waals surface area (Å²) in [5.74, 6) is 0.107. The smallest absolute Gasteiger partial charge is 0.240 e. The molecule has 4 nitrogen and oxygen atoms in total. The first-order valence-corrected chi connectivity index (χ1v) is 7.91. The SMILES string of the molecule is CN(C(=O)C1Cc2ccccc2CN1)C1CCCCC1O. The fraction of sp³-hybridized carbons (Fsp3) is 0.588. The number of hydrogen-bond donors (Lipinski definition) is 2. The van der Waals surface area contributed by atoms with Crippen molar-refractivity contribution in [2.75, 3.05) is 7.05 Å². The fourth-order valence-corrected chi connectivity index (χ4v) is 3.58. The van der Waals surface area contributed by atoms with Crippen LogP contribution in [-0.2, 0) is 17.8 Å². The lowest BCUT2D eigenvalue weighted by Gasteiger charge is -2.38. The molecule has 114 valence electrons. The van der Waals surface area contributed by atoms with Crippen molar-refractivity contribution >= 4 is 5.91 Å². The van der Waals surface area contributed by atoms with Crippen molar-refractivity contribution in [1.29, 1.82) is 0 Å². The van der Waals surface area contributed by atoms with Gasteiger partial charge in [-0.1, -0.05) is 37.1 Å². The molecule has 4 heteroatoms. The highest BCUT2D eigenvalue weighted by molar-refractivity contribution is 5.82. The minimum absolute atomic E-state index is 0.0229. The molecule has 1 aromatic rings. The monoisotopic (exact) mass is 288 g/mol. The number of fused-ring (bicyclic) bond motifs is 1. The van der Waals surface area contributed by atoms with E-state index >= 15 is 0 Å². The van der Waals surface area contributed by atoms with Crippen molar-refractivity contribution in [3.05, 3.63) is 35.4 Å². The summed E-state index contributed by atoms with van der Waals surface area (Å²) < 4.78 is 0. The molecule has 3 atom stereocenters. The van der Waals surface area contributed by atoms with Gasteiger partial charge >= 0.3 is 0 Å². The molecule has 1 amide bonds. The predicted octanol–water partition coefficient (Wildman–Crippen LogP) is 1.46. The van der Waals surface area contributed by atoms with E-state index in [0.717, 1.165) is 38.6 Å². The van der Waals surface area contributed by atoms with E-state index in [4.69, 9.17) is 0 Å². The molecule has 3 rings (SSSR count). The van der Waals surface area contributed by atoms with Crippen molar-refractivity contribution in [3.63, 3.8) is 0 Å². The number of nitrogens with one attached hydrogen (secondary N) is 1. The lowest BCUT2D eigenvalue weighted by Crippen LogP contribution is -2.54. The number of rotatable bonds is 2. The Kier molecular flexibility index (Phi) is 4.27. The van der Waals surface area contributed by atoms with Crippen LogP contribution in [0, 0.1) is 0 Å². The molecule has 0 saturated heterocycles. The molecule has 1 aromatic carbocycles. The molecule has 3 unspecified atom stereocenters. The van der Waals surface area contributed by atoms with Crippen LogP contribution in [0.25, 0.3) is 0 Å². The molecule has 1 aliphatic carbocycles. The molecule has 1 heterocycles. The number of nitrogens with zero attached hydrogens (tertiary/aromatic N) is 1. The highest BCUT2D eigenvalue weighted by Crippen LogP contribution is 2.24. The van der Waals surface area contributed by atoms with Crippen molar-refractivity contribution in [3.8, 4) is 0 Å². The van der Waals surface area contributed by atoms with Crippen LogP contribution in [0.5, 0.6) is 0 Å². The molecule has 1 saturated carbocycles. The maximum Gasteiger partial charge on any atom is 0.240 e. The number of hydrogen-bond acceptors (Lipinski definition) is 3. The lowest BCUT2D eigenvalue weighted by molar-refractivity contribution is -0.137. The molecular formula is C17H24N2O2. The van der Waals surface area contributed by atoms with Gasteiger partial charge in [-0.3, -0.25) is 4.79 Å². The Hall–Kier alpha value is -1.39. The van der Waals surface area contributed by atoms with Crippen LogP contribution >= 0.6 is 0 Å². The van der Waals surface area contributed by atoms with Gasteiger partial charge in [-0.2, -0.15) is 0 Å². The standard InChI is InChI=1S/C17H24N2O2/c1-19(15-8-4-5-9-16(15)20)17(21)14-10-12-6-2-3-7-13(12)11-18-14/h2-3,6-7,14-16,18,20H,4-5,8-11H2,1H3. The van der Waals surface area contributed by atoms with Gasteiger partial charge in [-0.15, -0.1) is 0 Å². The number of carbonyl (C=O) groups excluding carboxylic acids is 1. The quantitative estimate of drug-likeness (QED) is 0.866. The molecule has 0 bridgehead atoms. The Balaban J connectivity index is 1.68. The van der Waals surface area contributed by atoms with Gasteiger partial charge in [0.15, 0.2) is 0 Å². The van der Waals surface area contributed by atoms with E-state index in [1.807, 2.05) is 19.2 Å². The summed E-state index contributed by atoms with van der Waals surface area (Å²) in [5.41, 5.74) is 2.54. The van der Waals surface area contributed by atoms with Gasteiger partial charge in [0.05, 0.1) is 18.2 Å². The number of carbonyl (C=O) groups is 1. The third-order valence-corrected chi connectivity index (χ3v) is 4.92. The zero-order valence-corrected chi connectivity index (χ0v) is 12.6. The van der Waals surface area contributed by atoms with Gasteiger partial charge in [-0.25, -0.2) is 0 Å². The van der Waals surface area contributed by atoms with E-state index in [1.165, 1.54) is 11.1 Å². The van der Waals surface area contributed by atoms with Crippen molar-refractivity contribution in [2.45, 2.75) is 56.8 Å². The van der Waals surface area contributed by atoms with Gasteiger partial charge in [0.1, 0.15) is 0 Å². The summed E-state index contributed by atoms with van der Waals surface area (Å²) in [6, 6.07) is 8.08. The van der Waals surface area contributed by atoms with Crippen LogP contribution in [0.2, 0.25) is 0 Å². The Morgan fingerprint density at radius 3 is 2.71 bits per heavy atom. The second-order valence-corrected chi connectivity index (χ2v) is 6.27. The van der Waals surface area contributed by atoms with Gasteiger partial charge in [0, 0.05) is 13.6 Å². The Labute approximate surface area is 126 Å². The third kappa shape index (κ3) is 2.97. The molecule has 1 fully saturated rings. The van der Waals surface area contributed by atoms with E-state index in [-0.39, 0.29) is 24.1 Å². The number of aliphatic hydroxyl groups is 1. The van der Waals surface area contributed by atoms with Gasteiger partial charge < -0.3 is 15.3 Å². The van der Waals surface area contributed by atoms with E-state index in [2.05, 4.69) is 17.4 Å². The second-order valence-electron chi connectivity index (χ2n) is 6.27. The largest absolute Gasteiger partial charge is 0.391 e. The van der Waals surface area contributed by atoms with E-state index < -0.39 is 0 Å². The average Bonchev–Trinajstić information content (AvgIpc) is 2.53. The van der Waals surface area contributed by atoms with Crippen LogP contribution in [0.3, 0.4) is 0 Å². The average molecular weight is 288 g/mol. The molecular weight excluding hydrogens is 264 g/mol. The van der Waals surface area contributed by atoms with E-state index in [0.29, 0.717) is 0 Å². The van der Waals surface area contributed by atoms with Crippen molar-refractivity contribution < 1.29 is 9.90 Å². The maximum atomic E-state index is 12.7. The lowest BCUT2D eigenvalue weighted by atomic mass is 9.90. The molecule has 0 spiro atoms. The zero-order chi connectivity index (χ0) is 14.8. The van der Waals surface area contributed by atoms with Gasteiger partial charge in [0.2, 0.25) is 5.91 Å². The predicted molar refractivity (Wildman–Crippen MR) is 81.8 cm³/mol. The van der Waals surface area contributed by atoms with Crippen LogP contribution in [0.1, 0.15) is 36.8 Å². The molecule has 0 radical (unpaired) electrons. The Morgan fingerprint density at radius 2 is 1.95 bits per heavy atom. The highest BCUT2D eigenvalue weighted by Gasteiger charge is 2.33. The summed E-state index contributed by atoms with van der Waals surface area (Å²) in [7, 11) is 1.84. The summed E-state index contributed by atoms with van der Waals surface area (Å²) in [5, 5.41) is 13.5. The Morgan fingerprint density at radius 1 is 1.24 bits per heavy atom. The zero-order valence-electron chi connectivity index (χ0n) is 12.6. The minimum atomic E-state index is -0.372. The molecule has 2 aliphatic rings. The summed E-state index contributed by atoms with van der Waals surface area (Å²) >= 11 is 0. The first kappa shape index (κ1) is 14.5. The fourth-order valence-electron chi connectivity index (χ4n) is 3.58. The minimum Gasteiger partial charge on any atom is -0.391 e. The molecule has 0 aromatic heterocycles. The highest BCUT2D eigenvalue weighted by atomic mass is 16.3. The van der Waals surface area contributed by atoms with Crippen LogP contribution in [0.15, 0.2) is 24.3 Å². The number of benzene rings is 1. The first-order valence-electron chi connectivity index (χ1n) is 7.91. The topological polar surface area (TPSA) is 52.6 Å². The van der Waals surface area contributed by atoms with Gasteiger partial charge in [-0.05, 0) is 30.4 Å². The summed E-state index contributed by atoms with van der Waals surface area (Å²) in [6.07, 6.45) is 4.25. The number of likely N-dealkylation sites (N-methyl/N-ethyl adjacent to an activating group) is 1. The van der Waals surface area contributed by atoms with Crippen molar-refractivity contribution in [1.82, 2.24) is 10.2 Å². The normalized spacial score (nSPS) is 28.8. The molecule has 1 aliphatic heterocycles. The second kappa shape index (κ2) is 6.16. The van der Waals surface area contributed by atoms with Gasteiger partial charge in [0.25, 0.3) is 0 Å². The summed E-state index contributed by atoms with van der Waals surface area (Å²) in [6.45, 7) is 0.744. The van der Waals surface area contributed by atoms with Crippen LogP contribution in [-0.4, -0.2) is 41.1 Å². The maximum absolute atomic E-state index is 12.7. The molecule has 21 heavy (non-hydrogen) atoms. The summed E-state index contributed by atoms with van der Waals surface area (Å²) in [4.78, 5) is 14.5. The molecule has 2 N–H and O–H groups in total. The van der Waals surface area contributed by atoms with E-state index in [9.17, 15) is 9.90 Å².